The van der Waals surface area contributed by atoms with Crippen LogP contribution in [0.2, 0.25) is 0 Å². The SMILES string of the molecule is CCCCCCC/C=C\C/C=C\C/C=C\CCCCCCCCCCCCC(=O)OC(COC(=O)CCCCCCCCCCCCCC)COC(OCC[N+](C)(C)C)C(=O)[O-]. The van der Waals surface area contributed by atoms with Crippen LogP contribution < -0.4 is 5.11 Å². The number of likely N-dealkylation sites (N-methyl/N-ethyl adjacent to an activating group) is 1. The van der Waals surface area contributed by atoms with Crippen LogP contribution in [-0.4, -0.2) is 82.3 Å². The second-order valence-electron chi connectivity index (χ2n) is 18.5. The topological polar surface area (TPSA) is 111 Å². The minimum Gasteiger partial charge on any atom is -0.545 e. The predicted octanol–water partition coefficient (Wildman–Crippen LogP) is 12.8. The number of rotatable bonds is 47. The molecule has 0 saturated carbocycles. The zero-order chi connectivity index (χ0) is 45.6. The van der Waals surface area contributed by atoms with Gasteiger partial charge >= 0.3 is 11.9 Å². The van der Waals surface area contributed by atoms with Gasteiger partial charge in [0.25, 0.3) is 0 Å². The fourth-order valence-corrected chi connectivity index (χ4v) is 7.13. The lowest BCUT2D eigenvalue weighted by Crippen LogP contribution is -2.44. The van der Waals surface area contributed by atoms with Gasteiger partial charge < -0.3 is 33.3 Å². The summed E-state index contributed by atoms with van der Waals surface area (Å²) in [6.07, 6.45) is 48.9. The van der Waals surface area contributed by atoms with Crippen molar-refractivity contribution in [3.63, 3.8) is 0 Å². The first-order chi connectivity index (χ1) is 30.1. The number of unbranched alkanes of at least 4 members (excludes halogenated alkanes) is 26. The van der Waals surface area contributed by atoms with Crippen LogP contribution >= 0.6 is 0 Å². The average molecular weight is 876 g/mol. The summed E-state index contributed by atoms with van der Waals surface area (Å²) in [7, 11) is 5.91. The zero-order valence-electron chi connectivity index (χ0n) is 41.0. The van der Waals surface area contributed by atoms with E-state index in [2.05, 4.69) is 50.3 Å². The van der Waals surface area contributed by atoms with Gasteiger partial charge in [-0.3, -0.25) is 9.59 Å². The normalized spacial score (nSPS) is 13.1. The number of carbonyl (C=O) groups is 3. The molecule has 0 amide bonds. The van der Waals surface area contributed by atoms with Gasteiger partial charge in [0, 0.05) is 12.8 Å². The van der Waals surface area contributed by atoms with Gasteiger partial charge in [0.2, 0.25) is 0 Å². The summed E-state index contributed by atoms with van der Waals surface area (Å²) < 4.78 is 22.6. The fourth-order valence-electron chi connectivity index (χ4n) is 7.13. The van der Waals surface area contributed by atoms with E-state index in [4.69, 9.17) is 18.9 Å². The third kappa shape index (κ3) is 45.5. The van der Waals surface area contributed by atoms with Crippen LogP contribution in [0.5, 0.6) is 0 Å². The minimum absolute atomic E-state index is 0.148. The van der Waals surface area contributed by atoms with E-state index in [-0.39, 0.29) is 32.2 Å². The second kappa shape index (κ2) is 45.1. The molecule has 0 bridgehead atoms. The van der Waals surface area contributed by atoms with Crippen molar-refractivity contribution in [2.24, 2.45) is 0 Å². The van der Waals surface area contributed by atoms with Gasteiger partial charge in [-0.2, -0.15) is 0 Å². The number of allylic oxidation sites excluding steroid dienone is 6. The molecule has 0 aliphatic rings. The minimum atomic E-state index is -1.62. The van der Waals surface area contributed by atoms with E-state index in [1.54, 1.807) is 0 Å². The Morgan fingerprint density at radius 1 is 0.484 bits per heavy atom. The lowest BCUT2D eigenvalue weighted by atomic mass is 10.0. The maximum absolute atomic E-state index is 12.8. The maximum atomic E-state index is 12.8. The van der Waals surface area contributed by atoms with Gasteiger partial charge in [-0.1, -0.05) is 198 Å². The summed E-state index contributed by atoms with van der Waals surface area (Å²) in [6.45, 7) is 4.74. The smallest absolute Gasteiger partial charge is 0.306 e. The van der Waals surface area contributed by atoms with Gasteiger partial charge in [-0.05, 0) is 51.4 Å². The standard InChI is InChI=1S/C53H97NO8/c1-6-8-10-12-14-16-18-20-21-22-23-24-25-26-27-28-29-30-31-32-34-36-38-40-42-44-51(56)62-49(48-61-53(52(57)58)59-46-45-54(3,4)5)47-60-50(55)43-41-39-37-35-33-19-17-15-13-11-9-7-2/h18,20,22-23,25-26,49,53H,6-17,19,21,24,27-48H2,1-5H3/b20-18-,23-22-,26-25-. The molecular formula is C53H97NO8. The van der Waals surface area contributed by atoms with Crippen LogP contribution in [0.15, 0.2) is 36.5 Å². The van der Waals surface area contributed by atoms with Crippen molar-refractivity contribution in [2.45, 2.75) is 238 Å². The number of aliphatic carboxylic acids is 1. The molecule has 0 saturated heterocycles. The van der Waals surface area contributed by atoms with Crippen LogP contribution in [-0.2, 0) is 33.3 Å². The molecule has 0 N–H and O–H groups in total. The van der Waals surface area contributed by atoms with Gasteiger partial charge in [-0.15, -0.1) is 0 Å². The number of esters is 2. The second-order valence-corrected chi connectivity index (χ2v) is 18.5. The highest BCUT2D eigenvalue weighted by Gasteiger charge is 2.22. The highest BCUT2D eigenvalue weighted by molar-refractivity contribution is 5.70. The summed E-state index contributed by atoms with van der Waals surface area (Å²) >= 11 is 0. The van der Waals surface area contributed by atoms with E-state index in [1.807, 2.05) is 21.1 Å². The molecule has 0 spiro atoms. The Bertz CT molecular complexity index is 1110. The quantitative estimate of drug-likeness (QED) is 0.0195. The number of ether oxygens (including phenoxy) is 4. The number of carbonyl (C=O) groups excluding carboxylic acids is 3. The van der Waals surface area contributed by atoms with E-state index < -0.39 is 24.3 Å². The Labute approximate surface area is 381 Å². The molecule has 62 heavy (non-hydrogen) atoms. The molecule has 362 valence electrons. The summed E-state index contributed by atoms with van der Waals surface area (Å²) in [5.74, 6) is -2.28. The summed E-state index contributed by atoms with van der Waals surface area (Å²) in [6, 6.07) is 0. The number of hydrogen-bond donors (Lipinski definition) is 0. The zero-order valence-corrected chi connectivity index (χ0v) is 41.0. The molecule has 0 aromatic carbocycles. The monoisotopic (exact) mass is 876 g/mol. The summed E-state index contributed by atoms with van der Waals surface area (Å²) in [5.41, 5.74) is 0. The van der Waals surface area contributed by atoms with E-state index in [9.17, 15) is 19.5 Å². The molecule has 0 heterocycles. The molecule has 0 fully saturated rings. The van der Waals surface area contributed by atoms with Crippen LogP contribution in [0.1, 0.15) is 226 Å². The van der Waals surface area contributed by atoms with Crippen molar-refractivity contribution in [3.8, 4) is 0 Å². The number of hydrogen-bond acceptors (Lipinski definition) is 8. The summed E-state index contributed by atoms with van der Waals surface area (Å²) in [5, 5.41) is 11.7. The molecule has 0 rings (SSSR count). The lowest BCUT2D eigenvalue weighted by Gasteiger charge is -2.26. The first-order valence-corrected chi connectivity index (χ1v) is 25.6. The Kier molecular flexibility index (Phi) is 43.3. The van der Waals surface area contributed by atoms with Crippen molar-refractivity contribution in [2.75, 3.05) is 47.5 Å². The molecule has 0 aromatic heterocycles. The molecule has 9 heteroatoms. The van der Waals surface area contributed by atoms with Crippen molar-refractivity contribution in [1.29, 1.82) is 0 Å². The molecule has 0 aromatic rings. The van der Waals surface area contributed by atoms with Crippen LogP contribution in [0.25, 0.3) is 0 Å². The third-order valence-corrected chi connectivity index (χ3v) is 11.1. The van der Waals surface area contributed by atoms with Crippen LogP contribution in [0, 0.1) is 0 Å². The fraction of sp³-hybridized carbons (Fsp3) is 0.830. The van der Waals surface area contributed by atoms with Gasteiger partial charge in [-0.25, -0.2) is 0 Å². The molecule has 0 aliphatic heterocycles. The molecule has 0 radical (unpaired) electrons. The maximum Gasteiger partial charge on any atom is 0.306 e. The largest absolute Gasteiger partial charge is 0.545 e. The Hall–Kier alpha value is -2.49. The molecule has 9 nitrogen and oxygen atoms in total. The number of nitrogens with zero attached hydrogens (tertiary/aromatic N) is 1. The van der Waals surface area contributed by atoms with Crippen molar-refractivity contribution >= 4 is 17.9 Å². The third-order valence-electron chi connectivity index (χ3n) is 11.1. The number of carboxylic acid groups (broad SMARTS) is 1. The molecular weight excluding hydrogens is 779 g/mol. The van der Waals surface area contributed by atoms with E-state index in [0.29, 0.717) is 23.9 Å². The Morgan fingerprint density at radius 2 is 0.871 bits per heavy atom. The van der Waals surface area contributed by atoms with E-state index in [1.165, 1.54) is 141 Å². The van der Waals surface area contributed by atoms with E-state index >= 15 is 0 Å². The van der Waals surface area contributed by atoms with Crippen LogP contribution in [0.4, 0.5) is 0 Å². The molecule has 0 aliphatic carbocycles. The van der Waals surface area contributed by atoms with Crippen molar-refractivity contribution < 1.29 is 42.9 Å². The highest BCUT2D eigenvalue weighted by Crippen LogP contribution is 2.15. The number of quaternary nitrogens is 1. The Morgan fingerprint density at radius 3 is 1.29 bits per heavy atom. The number of carboxylic acids is 1. The predicted molar refractivity (Wildman–Crippen MR) is 256 cm³/mol. The first kappa shape index (κ1) is 59.5. The Balaban J connectivity index is 4.27. The average Bonchev–Trinajstić information content (AvgIpc) is 3.23. The summed E-state index contributed by atoms with van der Waals surface area (Å²) in [4.78, 5) is 37.1. The first-order valence-electron chi connectivity index (χ1n) is 25.6. The molecule has 2 unspecified atom stereocenters. The van der Waals surface area contributed by atoms with E-state index in [0.717, 1.165) is 51.4 Å². The molecule has 2 atom stereocenters. The van der Waals surface area contributed by atoms with Crippen LogP contribution in [0.3, 0.4) is 0 Å². The van der Waals surface area contributed by atoms with Crippen molar-refractivity contribution in [3.05, 3.63) is 36.5 Å². The van der Waals surface area contributed by atoms with Gasteiger partial charge in [0.05, 0.1) is 40.3 Å². The lowest BCUT2D eigenvalue weighted by molar-refractivity contribution is -0.870. The van der Waals surface area contributed by atoms with Crippen molar-refractivity contribution in [1.82, 2.24) is 0 Å². The van der Waals surface area contributed by atoms with Gasteiger partial charge in [0.15, 0.2) is 12.4 Å². The van der Waals surface area contributed by atoms with Gasteiger partial charge in [0.1, 0.15) is 13.2 Å². The highest BCUT2D eigenvalue weighted by atomic mass is 16.7.